The second-order valence-corrected chi connectivity index (χ2v) is 12.6. The largest absolute Gasteiger partial charge is 0.494 e. The normalized spacial score (nSPS) is 13.8. The molecule has 1 aliphatic heterocycles. The number of benzene rings is 1. The highest BCUT2D eigenvalue weighted by atomic mass is 32.1. The molecule has 268 valence electrons. The van der Waals surface area contributed by atoms with E-state index in [0.29, 0.717) is 18.0 Å². The maximum Gasteiger partial charge on any atom is 0.416 e. The van der Waals surface area contributed by atoms with Gasteiger partial charge < -0.3 is 21.2 Å². The van der Waals surface area contributed by atoms with Crippen LogP contribution < -0.4 is 15.8 Å². The van der Waals surface area contributed by atoms with Gasteiger partial charge >= 0.3 is 6.18 Å². The second-order valence-electron chi connectivity index (χ2n) is 11.6. The zero-order valence-electron chi connectivity index (χ0n) is 29.8. The summed E-state index contributed by atoms with van der Waals surface area (Å²) in [4.78, 5) is 14.7. The SMILES string of the molecule is CCCCCC.CCCCCOc1cc(NC)cc(C(F)(F)F)c1.C\C=C(/C=C(C=N)\C(N)=C\CC)CN1CCc2c(C=O)csc2C1. The summed E-state index contributed by atoms with van der Waals surface area (Å²) in [6.45, 7) is 13.6. The fourth-order valence-electron chi connectivity index (χ4n) is 4.90. The van der Waals surface area contributed by atoms with Crippen LogP contribution in [0.15, 0.2) is 58.7 Å². The van der Waals surface area contributed by atoms with Gasteiger partial charge in [-0.15, -0.1) is 11.3 Å². The lowest BCUT2D eigenvalue weighted by atomic mass is 10.0. The smallest absolute Gasteiger partial charge is 0.416 e. The van der Waals surface area contributed by atoms with Crippen LogP contribution in [0.3, 0.4) is 0 Å². The van der Waals surface area contributed by atoms with Crippen LogP contribution in [0.25, 0.3) is 0 Å². The summed E-state index contributed by atoms with van der Waals surface area (Å²) >= 11 is 1.67. The van der Waals surface area contributed by atoms with Gasteiger partial charge in [0.2, 0.25) is 0 Å². The molecule has 1 aromatic heterocycles. The van der Waals surface area contributed by atoms with E-state index in [-0.39, 0.29) is 5.75 Å². The minimum Gasteiger partial charge on any atom is -0.494 e. The number of unbranched alkanes of at least 4 members (excludes halogenated alkanes) is 5. The van der Waals surface area contributed by atoms with E-state index in [0.717, 1.165) is 86.9 Å². The van der Waals surface area contributed by atoms with Gasteiger partial charge in [0.05, 0.1) is 12.2 Å². The molecule has 0 aliphatic carbocycles. The van der Waals surface area contributed by atoms with Gasteiger partial charge in [0, 0.05) is 71.7 Å². The molecule has 2 heterocycles. The molecule has 0 atom stereocenters. The van der Waals surface area contributed by atoms with Crippen LogP contribution in [0.1, 0.15) is 112 Å². The first-order chi connectivity index (χ1) is 23.0. The van der Waals surface area contributed by atoms with E-state index in [1.54, 1.807) is 24.5 Å². The highest BCUT2D eigenvalue weighted by Crippen LogP contribution is 2.34. The number of nitrogens with two attached hydrogens (primary N) is 1. The van der Waals surface area contributed by atoms with Crippen LogP contribution in [0, 0.1) is 5.41 Å². The third-order valence-electron chi connectivity index (χ3n) is 7.71. The molecule has 1 aliphatic rings. The third-order valence-corrected chi connectivity index (χ3v) is 8.74. The number of carbonyl (C=O) groups excluding carboxylic acids is 1. The maximum absolute atomic E-state index is 12.6. The van der Waals surface area contributed by atoms with E-state index in [9.17, 15) is 18.0 Å². The first-order valence-corrected chi connectivity index (χ1v) is 18.0. The van der Waals surface area contributed by atoms with E-state index >= 15 is 0 Å². The van der Waals surface area contributed by atoms with Crippen molar-refractivity contribution < 1.29 is 22.7 Å². The van der Waals surface area contributed by atoms with Crippen LogP contribution in [-0.2, 0) is 19.1 Å². The predicted molar refractivity (Wildman–Crippen MR) is 198 cm³/mol. The zero-order chi connectivity index (χ0) is 36.0. The Morgan fingerprint density at radius 2 is 1.75 bits per heavy atom. The molecule has 0 bridgehead atoms. The van der Waals surface area contributed by atoms with Gasteiger partial charge in [-0.25, -0.2) is 0 Å². The molecule has 2 aromatic rings. The summed E-state index contributed by atoms with van der Waals surface area (Å²) in [6, 6.07) is 3.67. The van der Waals surface area contributed by atoms with Crippen LogP contribution in [-0.4, -0.2) is 44.1 Å². The Hall–Kier alpha value is -3.37. The molecule has 4 N–H and O–H groups in total. The average molecular weight is 691 g/mol. The number of alkyl halides is 3. The van der Waals surface area contributed by atoms with E-state index in [1.165, 1.54) is 42.3 Å². The van der Waals surface area contributed by atoms with Crippen molar-refractivity contribution in [1.29, 1.82) is 5.41 Å². The number of fused-ring (bicyclic) bond motifs is 1. The van der Waals surface area contributed by atoms with Crippen LogP contribution in [0.4, 0.5) is 18.9 Å². The number of anilines is 1. The Morgan fingerprint density at radius 3 is 2.29 bits per heavy atom. The molecule has 1 aromatic carbocycles. The van der Waals surface area contributed by atoms with Crippen molar-refractivity contribution in [2.75, 3.05) is 32.1 Å². The molecule has 3 rings (SSSR count). The minimum absolute atomic E-state index is 0.255. The number of rotatable bonds is 16. The van der Waals surface area contributed by atoms with E-state index in [1.807, 2.05) is 31.4 Å². The van der Waals surface area contributed by atoms with Gasteiger partial charge in [0.25, 0.3) is 0 Å². The number of carbonyl (C=O) groups is 1. The quantitative estimate of drug-likeness (QED) is 0.0706. The lowest BCUT2D eigenvalue weighted by molar-refractivity contribution is -0.137. The number of aldehydes is 1. The Labute approximate surface area is 290 Å². The van der Waals surface area contributed by atoms with E-state index in [2.05, 4.69) is 37.1 Å². The summed E-state index contributed by atoms with van der Waals surface area (Å²) in [5.41, 5.74) is 10.4. The summed E-state index contributed by atoms with van der Waals surface area (Å²) < 4.78 is 43.3. The summed E-state index contributed by atoms with van der Waals surface area (Å²) in [7, 11) is 1.58. The number of halogens is 3. The van der Waals surface area contributed by atoms with Gasteiger partial charge in [-0.2, -0.15) is 13.2 Å². The summed E-state index contributed by atoms with van der Waals surface area (Å²) in [5, 5.41) is 12.3. The molecule has 0 radical (unpaired) electrons. The molecule has 48 heavy (non-hydrogen) atoms. The zero-order valence-corrected chi connectivity index (χ0v) is 30.6. The average Bonchev–Trinajstić information content (AvgIpc) is 3.50. The van der Waals surface area contributed by atoms with Gasteiger partial charge in [0.1, 0.15) is 5.75 Å². The third kappa shape index (κ3) is 15.7. The lowest BCUT2D eigenvalue weighted by Gasteiger charge is -2.27. The van der Waals surface area contributed by atoms with Crippen LogP contribution in [0.5, 0.6) is 5.75 Å². The Balaban J connectivity index is 0.000000423. The molecular formula is C38H57F3N4O2S. The highest BCUT2D eigenvalue weighted by molar-refractivity contribution is 7.10. The molecular weight excluding hydrogens is 634 g/mol. The lowest BCUT2D eigenvalue weighted by Crippen LogP contribution is -2.31. The first kappa shape index (κ1) is 42.7. The van der Waals surface area contributed by atoms with E-state index < -0.39 is 11.7 Å². The number of ether oxygens (including phenoxy) is 1. The van der Waals surface area contributed by atoms with E-state index in [4.69, 9.17) is 15.9 Å². The molecule has 0 fully saturated rings. The second kappa shape index (κ2) is 23.9. The van der Waals surface area contributed by atoms with Crippen LogP contribution >= 0.6 is 11.3 Å². The van der Waals surface area contributed by atoms with Crippen molar-refractivity contribution in [3.63, 3.8) is 0 Å². The molecule has 6 nitrogen and oxygen atoms in total. The molecule has 0 unspecified atom stereocenters. The number of hydrogen-bond acceptors (Lipinski definition) is 7. The Bertz CT molecular complexity index is 1330. The number of thiophene rings is 1. The summed E-state index contributed by atoms with van der Waals surface area (Å²) in [6.07, 6.45) is 14.1. The number of allylic oxidation sites excluding steroid dienone is 3. The maximum atomic E-state index is 12.6. The predicted octanol–water partition coefficient (Wildman–Crippen LogP) is 10.6. The van der Waals surface area contributed by atoms with Gasteiger partial charge in [-0.1, -0.05) is 78.4 Å². The molecule has 0 spiro atoms. The number of nitrogens with zero attached hydrogens (tertiary/aromatic N) is 1. The number of hydrogen-bond donors (Lipinski definition) is 3. The van der Waals surface area contributed by atoms with Crippen molar-refractivity contribution in [2.24, 2.45) is 5.73 Å². The van der Waals surface area contributed by atoms with Crippen molar-refractivity contribution >= 4 is 29.5 Å². The van der Waals surface area contributed by atoms with Gasteiger partial charge in [-0.05, 0) is 55.5 Å². The molecule has 0 saturated carbocycles. The summed E-state index contributed by atoms with van der Waals surface area (Å²) in [5.74, 6) is 0.255. The molecule has 0 amide bonds. The Kier molecular flexibility index (Phi) is 21.2. The van der Waals surface area contributed by atoms with Crippen molar-refractivity contribution in [3.8, 4) is 5.75 Å². The monoisotopic (exact) mass is 690 g/mol. The van der Waals surface area contributed by atoms with Crippen molar-refractivity contribution in [1.82, 2.24) is 4.90 Å². The minimum atomic E-state index is -4.35. The highest BCUT2D eigenvalue weighted by Gasteiger charge is 2.31. The first-order valence-electron chi connectivity index (χ1n) is 17.1. The van der Waals surface area contributed by atoms with Crippen molar-refractivity contribution in [2.45, 2.75) is 105 Å². The number of nitrogens with one attached hydrogen (secondary N) is 2. The molecule has 10 heteroatoms. The fourth-order valence-corrected chi connectivity index (χ4v) is 5.98. The topological polar surface area (TPSA) is 91.4 Å². The Morgan fingerprint density at radius 1 is 1.08 bits per heavy atom. The molecule has 0 saturated heterocycles. The van der Waals surface area contributed by atoms with Gasteiger partial charge in [0.15, 0.2) is 6.29 Å². The van der Waals surface area contributed by atoms with Crippen LogP contribution in [0.2, 0.25) is 0 Å². The van der Waals surface area contributed by atoms with Gasteiger partial charge in [-0.3, -0.25) is 9.69 Å². The fraction of sp³-hybridized carbons (Fsp3) is 0.526. The standard InChI is InChI=1S/C19H25N3OS.C13H18F3NO.C6H14/c1-3-5-18(21)15(9-20)8-14(4-2)10-22-7-6-17-16(12-23)13-24-19(17)11-22;1-3-4-5-6-18-12-8-10(13(14,15)16)7-11(9-12)17-2;1-3-5-6-4-2/h4-5,8-9,12-13,20H,3,6-7,10-11,21H2,1-2H3;7-9,17H,3-6H2,1-2H3;3-6H2,1-2H3/b14-4+,15-8-,18-5-,20-9?;;. The van der Waals surface area contributed by atoms with Crippen molar-refractivity contribution in [3.05, 3.63) is 80.2 Å².